The highest BCUT2D eigenvalue weighted by molar-refractivity contribution is 5.67. The molecule has 0 N–H and O–H groups in total. The molecule has 0 aromatic heterocycles. The summed E-state index contributed by atoms with van der Waals surface area (Å²) in [6.45, 7) is 4.40. The van der Waals surface area contributed by atoms with Crippen molar-refractivity contribution in [1.29, 1.82) is 0 Å². The number of hydrogen-bond donors (Lipinski definition) is 0. The van der Waals surface area contributed by atoms with Gasteiger partial charge in [-0.05, 0) is 34.7 Å². The van der Waals surface area contributed by atoms with Crippen molar-refractivity contribution < 1.29 is 0 Å². The maximum atomic E-state index is 4.05. The Morgan fingerprint density at radius 2 is 2.07 bits per heavy atom. The van der Waals surface area contributed by atoms with Gasteiger partial charge < -0.3 is 0 Å². The Morgan fingerprint density at radius 1 is 1.21 bits per heavy atom. The lowest BCUT2D eigenvalue weighted by atomic mass is 10.0. The van der Waals surface area contributed by atoms with Gasteiger partial charge >= 0.3 is 0 Å². The summed E-state index contributed by atoms with van der Waals surface area (Å²) < 4.78 is 0. The second-order valence-electron chi connectivity index (χ2n) is 3.76. The molecule has 1 aliphatic heterocycles. The van der Waals surface area contributed by atoms with Crippen molar-refractivity contribution in [2.45, 2.75) is 19.8 Å². The topological polar surface area (TPSA) is 12.4 Å². The van der Waals surface area contributed by atoms with Gasteiger partial charge in [-0.3, -0.25) is 0 Å². The molecule has 0 saturated heterocycles. The van der Waals surface area contributed by atoms with Gasteiger partial charge in [0.1, 0.15) is 0 Å². The van der Waals surface area contributed by atoms with E-state index in [0.717, 1.165) is 0 Å². The van der Waals surface area contributed by atoms with Gasteiger partial charge in [-0.1, -0.05) is 26.0 Å². The van der Waals surface area contributed by atoms with Crippen LogP contribution < -0.4 is 10.4 Å². The number of fused-ring (bicyclic) bond motifs is 1. The van der Waals surface area contributed by atoms with E-state index in [0.29, 0.717) is 5.92 Å². The summed E-state index contributed by atoms with van der Waals surface area (Å²) in [5.41, 5.74) is 1.35. The fourth-order valence-corrected chi connectivity index (χ4v) is 1.49. The summed E-state index contributed by atoms with van der Waals surface area (Å²) in [5, 5.41) is 2.39. The van der Waals surface area contributed by atoms with E-state index in [1.807, 2.05) is 18.4 Å². The first-order valence-corrected chi connectivity index (χ1v) is 4.86. The monoisotopic (exact) mass is 183 g/mol. The van der Waals surface area contributed by atoms with Crippen molar-refractivity contribution in [1.82, 2.24) is 0 Å². The summed E-state index contributed by atoms with van der Waals surface area (Å²) >= 11 is 0. The standard InChI is InChI=1S/C13H13N/c1-10(2)12-6-5-11-4-3-7-14-9-13(11)8-12/h3-6,8-10H,1-2H3. The molecule has 0 saturated carbocycles. The molecule has 0 amide bonds. The normalized spacial score (nSPS) is 13.1. The number of rotatable bonds is 1. The molecule has 0 unspecified atom stereocenters. The van der Waals surface area contributed by atoms with Crippen molar-refractivity contribution in [3.63, 3.8) is 0 Å². The number of benzene rings is 1. The molecule has 1 nitrogen and oxygen atoms in total. The molecular formula is C13H13N. The van der Waals surface area contributed by atoms with Gasteiger partial charge in [0, 0.05) is 17.5 Å². The highest BCUT2D eigenvalue weighted by Crippen LogP contribution is 2.09. The molecule has 0 aliphatic carbocycles. The molecule has 0 spiro atoms. The summed E-state index contributed by atoms with van der Waals surface area (Å²) in [5.74, 6) is 3.40. The third-order valence-corrected chi connectivity index (χ3v) is 2.39. The Morgan fingerprint density at radius 3 is 2.86 bits per heavy atom. The molecule has 0 bridgehead atoms. The van der Waals surface area contributed by atoms with Gasteiger partial charge in [-0.15, -0.1) is 0 Å². The average Bonchev–Trinajstić information content (AvgIpc) is 2.41. The highest BCUT2D eigenvalue weighted by atomic mass is 14.6. The zero-order chi connectivity index (χ0) is 9.97. The third kappa shape index (κ3) is 1.68. The first kappa shape index (κ1) is 8.98. The van der Waals surface area contributed by atoms with Gasteiger partial charge in [0.2, 0.25) is 0 Å². The Labute approximate surface area is 83.8 Å². The van der Waals surface area contributed by atoms with Crippen LogP contribution in [0.3, 0.4) is 0 Å². The first-order chi connectivity index (χ1) is 6.77. The number of hydrogen-bond acceptors (Lipinski definition) is 1. The van der Waals surface area contributed by atoms with Crippen LogP contribution in [0.15, 0.2) is 29.3 Å². The molecule has 14 heavy (non-hydrogen) atoms. The van der Waals surface area contributed by atoms with Crippen LogP contribution in [0.4, 0.5) is 0 Å². The third-order valence-electron chi connectivity index (χ3n) is 2.39. The van der Waals surface area contributed by atoms with Gasteiger partial charge in [-0.2, -0.15) is 0 Å². The average molecular weight is 183 g/mol. The molecule has 1 aliphatic rings. The molecule has 1 heterocycles. The van der Waals surface area contributed by atoms with E-state index in [2.05, 4.69) is 42.9 Å². The van der Waals surface area contributed by atoms with Crippen molar-refractivity contribution in [3.05, 3.63) is 40.3 Å². The zero-order valence-corrected chi connectivity index (χ0v) is 8.49. The lowest BCUT2D eigenvalue weighted by molar-refractivity contribution is 0.864. The Balaban J connectivity index is 2.68. The van der Waals surface area contributed by atoms with Crippen LogP contribution in [-0.2, 0) is 0 Å². The van der Waals surface area contributed by atoms with Crippen molar-refractivity contribution in [2.75, 3.05) is 0 Å². The van der Waals surface area contributed by atoms with Crippen LogP contribution in [0.1, 0.15) is 25.3 Å². The molecule has 0 atom stereocenters. The van der Waals surface area contributed by atoms with Crippen LogP contribution in [0.25, 0.3) is 12.3 Å². The predicted octanol–water partition coefficient (Wildman–Crippen LogP) is 1.57. The predicted molar refractivity (Wildman–Crippen MR) is 60.7 cm³/mol. The van der Waals surface area contributed by atoms with Gasteiger partial charge in [-0.25, -0.2) is 4.99 Å². The van der Waals surface area contributed by atoms with Crippen LogP contribution in [0.2, 0.25) is 0 Å². The number of aliphatic imine (C=N–C) groups is 1. The Hall–Kier alpha value is -1.59. The number of allylic oxidation sites excluding steroid dienone is 1. The highest BCUT2D eigenvalue weighted by Gasteiger charge is 1.98. The van der Waals surface area contributed by atoms with Gasteiger partial charge in [0.15, 0.2) is 0 Å². The van der Waals surface area contributed by atoms with E-state index >= 15 is 0 Å². The lowest BCUT2D eigenvalue weighted by Crippen LogP contribution is -2.24. The Bertz CT molecular complexity index is 515. The molecule has 70 valence electrons. The molecule has 1 aromatic carbocycles. The second-order valence-corrected chi connectivity index (χ2v) is 3.76. The van der Waals surface area contributed by atoms with E-state index < -0.39 is 0 Å². The van der Waals surface area contributed by atoms with Crippen LogP contribution in [-0.4, -0.2) is 5.87 Å². The Kier molecular flexibility index (Phi) is 2.34. The van der Waals surface area contributed by atoms with E-state index in [4.69, 9.17) is 0 Å². The summed E-state index contributed by atoms with van der Waals surface area (Å²) in [6, 6.07) is 6.51. The van der Waals surface area contributed by atoms with E-state index in [-0.39, 0.29) is 0 Å². The SMILES string of the molecule is CC(C)c1ccc2c(c1)=CN=C=CC=2. The van der Waals surface area contributed by atoms with Crippen LogP contribution in [0, 0.1) is 0 Å². The summed E-state index contributed by atoms with van der Waals surface area (Å²) in [6.07, 6.45) is 5.74. The summed E-state index contributed by atoms with van der Waals surface area (Å²) in [4.78, 5) is 4.05. The maximum Gasteiger partial charge on any atom is 0.0446 e. The fraction of sp³-hybridized carbons (Fsp3) is 0.231. The molecule has 1 aromatic rings. The van der Waals surface area contributed by atoms with E-state index in [9.17, 15) is 0 Å². The second kappa shape index (κ2) is 3.65. The van der Waals surface area contributed by atoms with Crippen LogP contribution >= 0.6 is 0 Å². The number of nitrogens with zero attached hydrogens (tertiary/aromatic N) is 1. The first-order valence-electron chi connectivity index (χ1n) is 4.86. The van der Waals surface area contributed by atoms with Crippen molar-refractivity contribution >= 4 is 18.1 Å². The molecular weight excluding hydrogens is 170 g/mol. The molecule has 0 fully saturated rings. The minimum absolute atomic E-state index is 0.564. The van der Waals surface area contributed by atoms with E-state index in [1.165, 1.54) is 16.0 Å². The molecule has 0 radical (unpaired) electrons. The van der Waals surface area contributed by atoms with Crippen LogP contribution in [0.5, 0.6) is 0 Å². The smallest absolute Gasteiger partial charge is 0.0446 e. The lowest BCUT2D eigenvalue weighted by Gasteiger charge is -2.03. The van der Waals surface area contributed by atoms with E-state index in [1.54, 1.807) is 0 Å². The van der Waals surface area contributed by atoms with Gasteiger partial charge in [0.05, 0.1) is 0 Å². The molecule has 2 rings (SSSR count). The zero-order valence-electron chi connectivity index (χ0n) is 8.49. The molecule has 1 heteroatoms. The quantitative estimate of drug-likeness (QED) is 0.626. The fourth-order valence-electron chi connectivity index (χ4n) is 1.49. The summed E-state index contributed by atoms with van der Waals surface area (Å²) in [7, 11) is 0. The van der Waals surface area contributed by atoms with Crippen molar-refractivity contribution in [2.24, 2.45) is 4.99 Å². The van der Waals surface area contributed by atoms with Crippen molar-refractivity contribution in [3.8, 4) is 0 Å². The minimum atomic E-state index is 0.564. The minimum Gasteiger partial charge on any atom is -0.214 e. The van der Waals surface area contributed by atoms with Gasteiger partial charge in [0.25, 0.3) is 0 Å². The maximum absolute atomic E-state index is 4.05. The largest absolute Gasteiger partial charge is 0.214 e.